The fraction of sp³-hybridized carbons (Fsp3) is 0.500. The molecule has 7 heteroatoms. The number of halogens is 1. The predicted molar refractivity (Wildman–Crippen MR) is 108 cm³/mol. The molecular weight excluding hydrogens is 364 g/mol. The van der Waals surface area contributed by atoms with Gasteiger partial charge in [-0.25, -0.2) is 5.84 Å². The summed E-state index contributed by atoms with van der Waals surface area (Å²) in [5.74, 6) is 5.81. The second kappa shape index (κ2) is 7.81. The van der Waals surface area contributed by atoms with Gasteiger partial charge >= 0.3 is 0 Å². The Hall–Kier alpha value is -1.57. The van der Waals surface area contributed by atoms with Gasteiger partial charge in [-0.15, -0.1) is 6.58 Å². The van der Waals surface area contributed by atoms with Crippen LogP contribution < -0.4 is 11.6 Å². The number of rotatable bonds is 5. The van der Waals surface area contributed by atoms with E-state index in [0.717, 1.165) is 24.1 Å². The lowest BCUT2D eigenvalue weighted by molar-refractivity contribution is -0.211. The van der Waals surface area contributed by atoms with Crippen molar-refractivity contribution in [1.82, 2.24) is 9.91 Å². The summed E-state index contributed by atoms with van der Waals surface area (Å²) in [4.78, 5) is 2.33. The van der Waals surface area contributed by atoms with Gasteiger partial charge in [0.2, 0.25) is 0 Å². The molecule has 2 aliphatic heterocycles. The fourth-order valence-corrected chi connectivity index (χ4v) is 4.63. The van der Waals surface area contributed by atoms with Crippen molar-refractivity contribution in [1.29, 1.82) is 0 Å². The number of hydrogen-bond donors (Lipinski definition) is 2. The SMILES string of the molecule is C=CCN1[C@@H](C)CC2(C[C@H]1/C(N)=C/N(C)N)OC(OC)c1ccc(Cl)cc12. The van der Waals surface area contributed by atoms with Crippen LogP contribution >= 0.6 is 11.6 Å². The lowest BCUT2D eigenvalue weighted by Crippen LogP contribution is -2.55. The molecule has 0 radical (unpaired) electrons. The molecule has 0 bridgehead atoms. The van der Waals surface area contributed by atoms with Crippen LogP contribution in [0.5, 0.6) is 0 Å². The molecule has 6 nitrogen and oxygen atoms in total. The first-order valence-electron chi connectivity index (χ1n) is 9.13. The van der Waals surface area contributed by atoms with Gasteiger partial charge in [-0.1, -0.05) is 23.7 Å². The van der Waals surface area contributed by atoms with E-state index in [4.69, 9.17) is 32.7 Å². The van der Waals surface area contributed by atoms with Crippen LogP contribution in [-0.4, -0.2) is 42.7 Å². The van der Waals surface area contributed by atoms with Crippen molar-refractivity contribution in [3.8, 4) is 0 Å². The predicted octanol–water partition coefficient (Wildman–Crippen LogP) is 2.86. The zero-order valence-electron chi connectivity index (χ0n) is 16.2. The number of likely N-dealkylation sites (tertiary alicyclic amines) is 1. The third-order valence-electron chi connectivity index (χ3n) is 5.50. The Labute approximate surface area is 166 Å². The van der Waals surface area contributed by atoms with Gasteiger partial charge in [0.1, 0.15) is 5.60 Å². The van der Waals surface area contributed by atoms with Gasteiger partial charge < -0.3 is 20.2 Å². The molecular formula is C20H29ClN4O2. The average molecular weight is 393 g/mol. The topological polar surface area (TPSA) is 77.0 Å². The summed E-state index contributed by atoms with van der Waals surface area (Å²) in [5, 5.41) is 2.17. The number of nitrogens with two attached hydrogens (primary N) is 2. The normalized spacial score (nSPS) is 31.1. The summed E-state index contributed by atoms with van der Waals surface area (Å²) in [5.41, 5.74) is 8.76. The highest BCUT2D eigenvalue weighted by atomic mass is 35.5. The molecule has 1 saturated heterocycles. The molecule has 1 spiro atoms. The van der Waals surface area contributed by atoms with Crippen molar-refractivity contribution in [2.75, 3.05) is 20.7 Å². The van der Waals surface area contributed by atoms with E-state index in [1.165, 1.54) is 5.01 Å². The molecule has 4 atom stereocenters. The number of fused-ring (bicyclic) bond motifs is 2. The maximum absolute atomic E-state index is 6.49. The molecule has 2 unspecified atom stereocenters. The number of methoxy groups -OCH3 is 1. The second-order valence-electron chi connectivity index (χ2n) is 7.46. The minimum absolute atomic E-state index is 0.0415. The third kappa shape index (κ3) is 3.73. The lowest BCUT2D eigenvalue weighted by atomic mass is 9.76. The molecule has 0 aliphatic carbocycles. The fourth-order valence-electron chi connectivity index (χ4n) is 4.45. The lowest BCUT2D eigenvalue weighted by Gasteiger charge is -2.48. The van der Waals surface area contributed by atoms with Gasteiger partial charge in [0, 0.05) is 55.6 Å². The van der Waals surface area contributed by atoms with Crippen LogP contribution in [0.2, 0.25) is 5.02 Å². The Morgan fingerprint density at radius 2 is 2.26 bits per heavy atom. The summed E-state index contributed by atoms with van der Waals surface area (Å²) in [6.45, 7) is 6.82. The highest BCUT2D eigenvalue weighted by Crippen LogP contribution is 2.53. The molecule has 1 aromatic rings. The number of hydrogen-bond acceptors (Lipinski definition) is 6. The molecule has 2 aliphatic rings. The van der Waals surface area contributed by atoms with E-state index in [-0.39, 0.29) is 12.1 Å². The molecule has 0 amide bonds. The first kappa shape index (κ1) is 20.2. The van der Waals surface area contributed by atoms with Crippen LogP contribution in [0.25, 0.3) is 0 Å². The quantitative estimate of drug-likeness (QED) is 0.456. The van der Waals surface area contributed by atoms with Crippen LogP contribution in [0, 0.1) is 0 Å². The summed E-state index contributed by atoms with van der Waals surface area (Å²) in [6.07, 6.45) is 4.76. The first-order valence-corrected chi connectivity index (χ1v) is 9.51. The van der Waals surface area contributed by atoms with Crippen LogP contribution in [0.15, 0.2) is 42.8 Å². The average Bonchev–Trinajstić information content (AvgIpc) is 2.89. The highest BCUT2D eigenvalue weighted by molar-refractivity contribution is 6.30. The Morgan fingerprint density at radius 1 is 1.52 bits per heavy atom. The van der Waals surface area contributed by atoms with Gasteiger partial charge in [-0.2, -0.15) is 0 Å². The number of nitrogens with zero attached hydrogens (tertiary/aromatic N) is 2. The van der Waals surface area contributed by atoms with E-state index < -0.39 is 11.9 Å². The Morgan fingerprint density at radius 3 is 2.89 bits per heavy atom. The van der Waals surface area contributed by atoms with E-state index in [9.17, 15) is 0 Å². The molecule has 2 heterocycles. The molecule has 1 aromatic carbocycles. The van der Waals surface area contributed by atoms with Gasteiger partial charge in [0.25, 0.3) is 0 Å². The van der Waals surface area contributed by atoms with Crippen LogP contribution in [0.1, 0.15) is 37.2 Å². The van der Waals surface area contributed by atoms with Gasteiger partial charge in [0.15, 0.2) is 6.29 Å². The van der Waals surface area contributed by atoms with E-state index in [1.807, 2.05) is 24.3 Å². The Bertz CT molecular complexity index is 739. The van der Waals surface area contributed by atoms with Gasteiger partial charge in [-0.05, 0) is 31.0 Å². The largest absolute Gasteiger partial charge is 0.400 e. The van der Waals surface area contributed by atoms with Crippen molar-refractivity contribution in [3.63, 3.8) is 0 Å². The number of ether oxygens (including phenoxy) is 2. The number of benzene rings is 1. The zero-order chi connectivity index (χ0) is 19.8. The van der Waals surface area contributed by atoms with Crippen molar-refractivity contribution in [3.05, 3.63) is 58.9 Å². The summed E-state index contributed by atoms with van der Waals surface area (Å²) in [6, 6.07) is 6.04. The highest BCUT2D eigenvalue weighted by Gasteiger charge is 2.52. The smallest absolute Gasteiger partial charge is 0.184 e. The summed E-state index contributed by atoms with van der Waals surface area (Å²) in [7, 11) is 3.42. The van der Waals surface area contributed by atoms with Crippen molar-refractivity contribution < 1.29 is 9.47 Å². The zero-order valence-corrected chi connectivity index (χ0v) is 16.9. The van der Waals surface area contributed by atoms with E-state index in [2.05, 4.69) is 18.4 Å². The number of piperidine rings is 1. The van der Waals surface area contributed by atoms with Crippen molar-refractivity contribution >= 4 is 11.6 Å². The Kier molecular flexibility index (Phi) is 5.84. The van der Waals surface area contributed by atoms with Crippen molar-refractivity contribution in [2.45, 2.75) is 43.7 Å². The maximum atomic E-state index is 6.49. The van der Waals surface area contributed by atoms with Crippen molar-refractivity contribution in [2.24, 2.45) is 11.6 Å². The maximum Gasteiger partial charge on any atom is 0.184 e. The first-order chi connectivity index (χ1) is 12.8. The summed E-state index contributed by atoms with van der Waals surface area (Å²) < 4.78 is 12.1. The van der Waals surface area contributed by atoms with E-state index in [0.29, 0.717) is 17.1 Å². The van der Waals surface area contributed by atoms with Gasteiger partial charge in [-0.3, -0.25) is 4.90 Å². The molecule has 4 N–H and O–H groups in total. The minimum Gasteiger partial charge on any atom is -0.400 e. The molecule has 0 aromatic heterocycles. The Balaban J connectivity index is 2.05. The monoisotopic (exact) mass is 392 g/mol. The minimum atomic E-state index is -0.506. The van der Waals surface area contributed by atoms with Crippen LogP contribution in [-0.2, 0) is 15.1 Å². The third-order valence-corrected chi connectivity index (χ3v) is 5.73. The van der Waals surface area contributed by atoms with E-state index in [1.54, 1.807) is 20.4 Å². The molecule has 148 valence electrons. The second-order valence-corrected chi connectivity index (χ2v) is 7.90. The van der Waals surface area contributed by atoms with Crippen LogP contribution in [0.3, 0.4) is 0 Å². The molecule has 27 heavy (non-hydrogen) atoms. The molecule has 1 fully saturated rings. The molecule has 0 saturated carbocycles. The van der Waals surface area contributed by atoms with E-state index >= 15 is 0 Å². The standard InChI is InChI=1S/C20H29ClN4O2/c1-5-8-25-13(2)10-20(11-18(25)17(22)12-24(3)23)16-9-14(21)6-7-15(16)19(26-4)27-20/h5-7,9,12-13,18-19H,1,8,10-11,22-23H2,2-4H3/b17-12-/t13-,18-,19?,20?/m0/s1. The van der Waals surface area contributed by atoms with Crippen LogP contribution in [0.4, 0.5) is 0 Å². The summed E-state index contributed by atoms with van der Waals surface area (Å²) >= 11 is 6.32. The van der Waals surface area contributed by atoms with Gasteiger partial charge in [0.05, 0.1) is 6.04 Å². The number of hydrazine groups is 1. The molecule has 3 rings (SSSR count).